The molecule has 9 rings (SSSR count). The first kappa shape index (κ1) is 29.8. The van der Waals surface area contributed by atoms with Crippen molar-refractivity contribution in [3.05, 3.63) is 172 Å². The summed E-state index contributed by atoms with van der Waals surface area (Å²) in [4.78, 5) is 2.59. The van der Waals surface area contributed by atoms with E-state index in [2.05, 4.69) is 154 Å². The molecule has 0 spiro atoms. The highest BCUT2D eigenvalue weighted by Crippen LogP contribution is 2.58. The maximum absolute atomic E-state index is 2.63. The molecule has 5 atom stereocenters. The van der Waals surface area contributed by atoms with Gasteiger partial charge in [-0.15, -0.1) is 0 Å². The van der Waals surface area contributed by atoms with Gasteiger partial charge >= 0.3 is 0 Å². The highest BCUT2D eigenvalue weighted by atomic mass is 15.1. The van der Waals surface area contributed by atoms with Gasteiger partial charge in [0.05, 0.1) is 0 Å². The fraction of sp³-hybridized carbons (Fsp3) is 0.319. The Hall–Kier alpha value is -4.36. The van der Waals surface area contributed by atoms with E-state index in [0.717, 1.165) is 25.2 Å². The maximum atomic E-state index is 2.63. The van der Waals surface area contributed by atoms with Crippen LogP contribution in [0.25, 0.3) is 5.57 Å². The molecule has 0 saturated heterocycles. The fourth-order valence-electron chi connectivity index (χ4n) is 9.88. The van der Waals surface area contributed by atoms with Gasteiger partial charge in [0.2, 0.25) is 0 Å². The molecule has 0 amide bonds. The SMILES string of the molecule is CC1CCc2c(cccc2N(C2=CC3C4=C(C=CC3C=C2)C2=C(CC4C)C(C)(C)c3ccccc32)c2ccc(C3C=CC=CC3)cc2)C1. The van der Waals surface area contributed by atoms with Gasteiger partial charge in [0, 0.05) is 40.2 Å². The van der Waals surface area contributed by atoms with E-state index in [0.29, 0.717) is 23.7 Å². The Bertz CT molecular complexity index is 2020. The zero-order valence-corrected chi connectivity index (χ0v) is 28.9. The van der Waals surface area contributed by atoms with E-state index in [4.69, 9.17) is 0 Å². The van der Waals surface area contributed by atoms with E-state index in [-0.39, 0.29) is 5.41 Å². The van der Waals surface area contributed by atoms with Crippen LogP contribution in [0.2, 0.25) is 0 Å². The van der Waals surface area contributed by atoms with E-state index in [1.165, 1.54) is 68.9 Å². The molecular weight excluding hydrogens is 579 g/mol. The summed E-state index contributed by atoms with van der Waals surface area (Å²) in [5.41, 5.74) is 17.7. The third-order valence-electron chi connectivity index (χ3n) is 12.4. The minimum atomic E-state index is 0.0768. The number of rotatable bonds is 4. The highest BCUT2D eigenvalue weighted by molar-refractivity contribution is 5.93. The number of benzene rings is 3. The van der Waals surface area contributed by atoms with E-state index in [9.17, 15) is 0 Å². The smallest absolute Gasteiger partial charge is 0.0496 e. The molecule has 48 heavy (non-hydrogen) atoms. The molecular formula is C47H47N. The summed E-state index contributed by atoms with van der Waals surface area (Å²) in [6.45, 7) is 9.77. The summed E-state index contributed by atoms with van der Waals surface area (Å²) in [6.07, 6.45) is 27.3. The van der Waals surface area contributed by atoms with Crippen molar-refractivity contribution in [3.8, 4) is 0 Å². The number of anilines is 2. The number of hydrogen-bond donors (Lipinski definition) is 0. The lowest BCUT2D eigenvalue weighted by Crippen LogP contribution is -2.30. The number of nitrogens with zero attached hydrogens (tertiary/aromatic N) is 1. The normalized spacial score (nSPS) is 27.6. The minimum Gasteiger partial charge on any atom is -0.311 e. The number of fused-ring (bicyclic) bond motifs is 6. The Morgan fingerprint density at radius 1 is 0.812 bits per heavy atom. The highest BCUT2D eigenvalue weighted by Gasteiger charge is 2.45. The van der Waals surface area contributed by atoms with Crippen molar-refractivity contribution in [3.63, 3.8) is 0 Å². The van der Waals surface area contributed by atoms with Crippen LogP contribution in [0, 0.1) is 23.7 Å². The molecule has 240 valence electrons. The Morgan fingerprint density at radius 2 is 1.65 bits per heavy atom. The molecule has 0 heterocycles. The van der Waals surface area contributed by atoms with Crippen LogP contribution in [-0.2, 0) is 18.3 Å². The Labute approximate surface area is 287 Å². The molecule has 0 fully saturated rings. The predicted molar refractivity (Wildman–Crippen MR) is 202 cm³/mol. The second kappa shape index (κ2) is 11.4. The second-order valence-corrected chi connectivity index (χ2v) is 15.8. The van der Waals surface area contributed by atoms with Crippen LogP contribution in [0.4, 0.5) is 11.4 Å². The standard InChI is InChI=1S/C47H47N/c1-30-17-25-38-35(27-30)13-10-16-44(38)48(36-22-18-33(19-23-36)32-11-6-5-7-12-32)37-24-20-34-21-26-40-45(41(34)29-37)31(2)28-43-46(40)39-14-8-9-15-42(39)47(43,3)4/h5-11,13-16,18-24,26,29-32,34,41H,12,17,25,27-28H2,1-4H3. The summed E-state index contributed by atoms with van der Waals surface area (Å²) in [5, 5.41) is 0. The van der Waals surface area contributed by atoms with Crippen LogP contribution < -0.4 is 4.90 Å². The average Bonchev–Trinajstić information content (AvgIpc) is 3.34. The first-order chi connectivity index (χ1) is 23.4. The molecule has 1 nitrogen and oxygen atoms in total. The molecule has 6 aliphatic rings. The van der Waals surface area contributed by atoms with E-state index in [1.54, 1.807) is 11.1 Å². The van der Waals surface area contributed by atoms with Crippen molar-refractivity contribution in [2.24, 2.45) is 23.7 Å². The molecule has 0 N–H and O–H groups in total. The topological polar surface area (TPSA) is 3.24 Å². The van der Waals surface area contributed by atoms with Crippen molar-refractivity contribution in [1.82, 2.24) is 0 Å². The van der Waals surface area contributed by atoms with Gasteiger partial charge in [0.1, 0.15) is 0 Å². The summed E-state index contributed by atoms with van der Waals surface area (Å²) in [7, 11) is 0. The van der Waals surface area contributed by atoms with Gasteiger partial charge in [-0.3, -0.25) is 0 Å². The third-order valence-corrected chi connectivity index (χ3v) is 12.4. The van der Waals surface area contributed by atoms with Crippen LogP contribution in [0.1, 0.15) is 80.7 Å². The number of hydrogen-bond acceptors (Lipinski definition) is 1. The Kier molecular flexibility index (Phi) is 7.05. The lowest BCUT2D eigenvalue weighted by molar-refractivity contribution is 0.485. The van der Waals surface area contributed by atoms with Crippen molar-refractivity contribution < 1.29 is 0 Å². The molecule has 0 aliphatic heterocycles. The van der Waals surface area contributed by atoms with Crippen LogP contribution in [-0.4, -0.2) is 0 Å². The van der Waals surface area contributed by atoms with Crippen molar-refractivity contribution >= 4 is 16.9 Å². The molecule has 1 heteroatoms. The van der Waals surface area contributed by atoms with Crippen LogP contribution in [0.3, 0.4) is 0 Å². The van der Waals surface area contributed by atoms with Gasteiger partial charge in [-0.1, -0.05) is 136 Å². The molecule has 0 bridgehead atoms. The molecule has 5 unspecified atom stereocenters. The largest absolute Gasteiger partial charge is 0.311 e. The first-order valence-corrected chi connectivity index (χ1v) is 18.4. The van der Waals surface area contributed by atoms with Crippen molar-refractivity contribution in [2.75, 3.05) is 4.90 Å². The molecule has 3 aromatic rings. The molecule has 0 aromatic heterocycles. The average molecular weight is 626 g/mol. The minimum absolute atomic E-state index is 0.0768. The fourth-order valence-corrected chi connectivity index (χ4v) is 9.88. The molecule has 3 aromatic carbocycles. The first-order valence-electron chi connectivity index (χ1n) is 18.4. The Morgan fingerprint density at radius 3 is 2.48 bits per heavy atom. The molecule has 0 saturated carbocycles. The third kappa shape index (κ3) is 4.65. The van der Waals surface area contributed by atoms with Crippen molar-refractivity contribution in [1.29, 1.82) is 0 Å². The molecule has 6 aliphatic carbocycles. The van der Waals surface area contributed by atoms with E-state index in [1.807, 2.05) is 0 Å². The van der Waals surface area contributed by atoms with Gasteiger partial charge < -0.3 is 4.90 Å². The van der Waals surface area contributed by atoms with E-state index < -0.39 is 0 Å². The molecule has 0 radical (unpaired) electrons. The quantitative estimate of drug-likeness (QED) is 0.279. The van der Waals surface area contributed by atoms with Gasteiger partial charge in [-0.2, -0.15) is 0 Å². The summed E-state index contributed by atoms with van der Waals surface area (Å²) in [5.74, 6) is 2.44. The summed E-state index contributed by atoms with van der Waals surface area (Å²) < 4.78 is 0. The summed E-state index contributed by atoms with van der Waals surface area (Å²) >= 11 is 0. The zero-order chi connectivity index (χ0) is 32.6. The lowest BCUT2D eigenvalue weighted by Gasteiger charge is -2.41. The zero-order valence-electron chi connectivity index (χ0n) is 28.9. The number of allylic oxidation sites excluding steroid dienone is 13. The Balaban J connectivity index is 1.17. The van der Waals surface area contributed by atoms with Crippen LogP contribution >= 0.6 is 0 Å². The van der Waals surface area contributed by atoms with Crippen molar-refractivity contribution in [2.45, 2.75) is 71.1 Å². The van der Waals surface area contributed by atoms with Gasteiger partial charge in [-0.25, -0.2) is 0 Å². The maximum Gasteiger partial charge on any atom is 0.0496 e. The van der Waals surface area contributed by atoms with Crippen LogP contribution in [0.5, 0.6) is 0 Å². The van der Waals surface area contributed by atoms with Gasteiger partial charge in [0.15, 0.2) is 0 Å². The summed E-state index contributed by atoms with van der Waals surface area (Å²) in [6, 6.07) is 25.7. The van der Waals surface area contributed by atoms with Gasteiger partial charge in [-0.05, 0) is 107 Å². The van der Waals surface area contributed by atoms with Gasteiger partial charge in [0.25, 0.3) is 0 Å². The second-order valence-electron chi connectivity index (χ2n) is 15.8. The predicted octanol–water partition coefficient (Wildman–Crippen LogP) is 11.9. The van der Waals surface area contributed by atoms with Crippen LogP contribution in [0.15, 0.2) is 144 Å². The monoisotopic (exact) mass is 625 g/mol. The van der Waals surface area contributed by atoms with E-state index >= 15 is 0 Å². The lowest BCUT2D eigenvalue weighted by atomic mass is 9.65.